The number of nitrogens with zero attached hydrogens (tertiary/aromatic N) is 2. The molecule has 1 amide bonds. The van der Waals surface area contributed by atoms with Gasteiger partial charge in [0.1, 0.15) is 5.82 Å². The molecule has 6 heteroatoms. The zero-order valence-electron chi connectivity index (χ0n) is 11.3. The molecule has 106 valence electrons. The van der Waals surface area contributed by atoms with Crippen molar-refractivity contribution in [1.29, 1.82) is 0 Å². The van der Waals surface area contributed by atoms with E-state index in [-0.39, 0.29) is 18.3 Å². The van der Waals surface area contributed by atoms with Crippen LogP contribution >= 0.6 is 15.9 Å². The Bertz CT molecular complexity index is 639. The molecule has 0 atom stereocenters. The number of hydrogen-bond acceptors (Lipinski definition) is 2. The van der Waals surface area contributed by atoms with Crippen molar-refractivity contribution in [3.8, 4) is 0 Å². The number of hydrogen-bond donors (Lipinski definition) is 1. The monoisotopic (exact) mass is 339 g/mol. The molecule has 0 aliphatic heterocycles. The van der Waals surface area contributed by atoms with E-state index in [1.54, 1.807) is 30.1 Å². The summed E-state index contributed by atoms with van der Waals surface area (Å²) in [7, 11) is 1.77. The number of halogens is 2. The topological polar surface area (TPSA) is 46.9 Å². The molecular weight excluding hydrogens is 325 g/mol. The second kappa shape index (κ2) is 6.17. The predicted octanol–water partition coefficient (Wildman–Crippen LogP) is 2.81. The molecule has 0 bridgehead atoms. The molecule has 1 aromatic heterocycles. The second-order valence-corrected chi connectivity index (χ2v) is 5.35. The number of carbonyl (C=O) groups excluding carboxylic acids is 1. The number of carbonyl (C=O) groups is 1. The summed E-state index contributed by atoms with van der Waals surface area (Å²) in [6.07, 6.45) is 2.35. The second-order valence-electron chi connectivity index (χ2n) is 4.44. The van der Waals surface area contributed by atoms with Gasteiger partial charge in [0, 0.05) is 29.8 Å². The van der Waals surface area contributed by atoms with E-state index in [9.17, 15) is 9.18 Å². The molecule has 0 fully saturated rings. The SMILES string of the molecule is CCc1nn(C)cc1C(=O)NCc1cc(Br)ccc1F. The molecule has 4 nitrogen and oxygen atoms in total. The van der Waals surface area contributed by atoms with Crippen molar-refractivity contribution in [2.75, 3.05) is 0 Å². The maximum atomic E-state index is 13.6. The van der Waals surface area contributed by atoms with Crippen LogP contribution in [0.25, 0.3) is 0 Å². The molecular formula is C14H15BrFN3O. The minimum Gasteiger partial charge on any atom is -0.348 e. The quantitative estimate of drug-likeness (QED) is 0.930. The van der Waals surface area contributed by atoms with Gasteiger partial charge in [-0.2, -0.15) is 5.10 Å². The fraction of sp³-hybridized carbons (Fsp3) is 0.286. The summed E-state index contributed by atoms with van der Waals surface area (Å²) in [5.74, 6) is -0.579. The van der Waals surface area contributed by atoms with Gasteiger partial charge >= 0.3 is 0 Å². The van der Waals surface area contributed by atoms with Crippen LogP contribution in [0.15, 0.2) is 28.9 Å². The average Bonchev–Trinajstić information content (AvgIpc) is 2.80. The minimum atomic E-state index is -0.338. The summed E-state index contributed by atoms with van der Waals surface area (Å²) in [5, 5.41) is 6.93. The maximum absolute atomic E-state index is 13.6. The lowest BCUT2D eigenvalue weighted by molar-refractivity contribution is 0.0949. The lowest BCUT2D eigenvalue weighted by Crippen LogP contribution is -2.24. The first-order chi connectivity index (χ1) is 9.51. The van der Waals surface area contributed by atoms with E-state index in [0.717, 1.165) is 10.2 Å². The van der Waals surface area contributed by atoms with Gasteiger partial charge in [0.15, 0.2) is 0 Å². The number of aromatic nitrogens is 2. The van der Waals surface area contributed by atoms with Crippen molar-refractivity contribution in [2.24, 2.45) is 7.05 Å². The van der Waals surface area contributed by atoms with Crippen LogP contribution in [0.1, 0.15) is 28.5 Å². The Labute approximate surface area is 125 Å². The first-order valence-electron chi connectivity index (χ1n) is 6.26. The van der Waals surface area contributed by atoms with Crippen LogP contribution in [0, 0.1) is 5.82 Å². The smallest absolute Gasteiger partial charge is 0.255 e. The highest BCUT2D eigenvalue weighted by Crippen LogP contribution is 2.15. The Hall–Kier alpha value is -1.69. The number of nitrogens with one attached hydrogen (secondary N) is 1. The van der Waals surface area contributed by atoms with Gasteiger partial charge in [0.2, 0.25) is 0 Å². The Kier molecular flexibility index (Phi) is 4.54. The predicted molar refractivity (Wildman–Crippen MR) is 77.9 cm³/mol. The summed E-state index contributed by atoms with van der Waals surface area (Å²) < 4.78 is 16.0. The van der Waals surface area contributed by atoms with Crippen LogP contribution in [-0.4, -0.2) is 15.7 Å². The van der Waals surface area contributed by atoms with E-state index >= 15 is 0 Å². The molecule has 0 saturated heterocycles. The van der Waals surface area contributed by atoms with Crippen molar-refractivity contribution in [1.82, 2.24) is 15.1 Å². The molecule has 0 aliphatic carbocycles. The molecule has 0 radical (unpaired) electrons. The third kappa shape index (κ3) is 3.25. The molecule has 0 saturated carbocycles. The highest BCUT2D eigenvalue weighted by Gasteiger charge is 2.14. The van der Waals surface area contributed by atoms with E-state index < -0.39 is 0 Å². The zero-order chi connectivity index (χ0) is 14.7. The van der Waals surface area contributed by atoms with Gasteiger partial charge in [-0.25, -0.2) is 4.39 Å². The van der Waals surface area contributed by atoms with Crippen molar-refractivity contribution in [3.05, 3.63) is 51.5 Å². The van der Waals surface area contributed by atoms with Crippen LogP contribution in [0.3, 0.4) is 0 Å². The summed E-state index contributed by atoms with van der Waals surface area (Å²) >= 11 is 3.28. The minimum absolute atomic E-state index is 0.141. The Morgan fingerprint density at radius 3 is 2.95 bits per heavy atom. The number of benzene rings is 1. The van der Waals surface area contributed by atoms with E-state index in [1.807, 2.05) is 6.92 Å². The summed E-state index contributed by atoms with van der Waals surface area (Å²) in [6.45, 7) is 2.08. The summed E-state index contributed by atoms with van der Waals surface area (Å²) in [4.78, 5) is 12.1. The van der Waals surface area contributed by atoms with Crippen molar-refractivity contribution in [3.63, 3.8) is 0 Å². The van der Waals surface area contributed by atoms with E-state index in [1.165, 1.54) is 6.07 Å². The van der Waals surface area contributed by atoms with Gasteiger partial charge < -0.3 is 5.32 Å². The Morgan fingerprint density at radius 2 is 2.25 bits per heavy atom. The fourth-order valence-electron chi connectivity index (χ4n) is 1.93. The van der Waals surface area contributed by atoms with Gasteiger partial charge in [-0.05, 0) is 24.6 Å². The molecule has 2 aromatic rings. The Balaban J connectivity index is 2.10. The van der Waals surface area contributed by atoms with Crippen LogP contribution in [0.4, 0.5) is 4.39 Å². The fourth-order valence-corrected chi connectivity index (χ4v) is 2.34. The first kappa shape index (κ1) is 14.7. The largest absolute Gasteiger partial charge is 0.348 e. The molecule has 0 spiro atoms. The van der Waals surface area contributed by atoms with Crippen LogP contribution in [0.2, 0.25) is 0 Å². The standard InChI is InChI=1S/C14H15BrFN3O/c1-3-13-11(8-19(2)18-13)14(20)17-7-9-6-10(15)4-5-12(9)16/h4-6,8H,3,7H2,1-2H3,(H,17,20). The van der Waals surface area contributed by atoms with Gasteiger partial charge in [-0.15, -0.1) is 0 Å². The number of amides is 1. The van der Waals surface area contributed by atoms with E-state index in [0.29, 0.717) is 17.5 Å². The molecule has 1 aromatic carbocycles. The van der Waals surface area contributed by atoms with Gasteiger partial charge in [0.05, 0.1) is 11.3 Å². The van der Waals surface area contributed by atoms with Gasteiger partial charge in [0.25, 0.3) is 5.91 Å². The third-order valence-corrected chi connectivity index (χ3v) is 3.43. The number of aryl methyl sites for hydroxylation is 2. The summed E-state index contributed by atoms with van der Waals surface area (Å²) in [5.41, 5.74) is 1.71. The molecule has 1 N–H and O–H groups in total. The van der Waals surface area contributed by atoms with Crippen LogP contribution in [-0.2, 0) is 20.0 Å². The van der Waals surface area contributed by atoms with Crippen molar-refractivity contribution in [2.45, 2.75) is 19.9 Å². The maximum Gasteiger partial charge on any atom is 0.255 e. The lowest BCUT2D eigenvalue weighted by atomic mass is 10.2. The van der Waals surface area contributed by atoms with E-state index in [4.69, 9.17) is 0 Å². The van der Waals surface area contributed by atoms with Gasteiger partial charge in [-0.1, -0.05) is 22.9 Å². The lowest BCUT2D eigenvalue weighted by Gasteiger charge is -2.06. The van der Waals surface area contributed by atoms with Crippen LogP contribution < -0.4 is 5.32 Å². The molecule has 20 heavy (non-hydrogen) atoms. The highest BCUT2D eigenvalue weighted by atomic mass is 79.9. The molecule has 0 aliphatic rings. The highest BCUT2D eigenvalue weighted by molar-refractivity contribution is 9.10. The Morgan fingerprint density at radius 1 is 1.50 bits per heavy atom. The van der Waals surface area contributed by atoms with Gasteiger partial charge in [-0.3, -0.25) is 9.48 Å². The molecule has 1 heterocycles. The third-order valence-electron chi connectivity index (χ3n) is 2.93. The van der Waals surface area contributed by atoms with Crippen molar-refractivity contribution >= 4 is 21.8 Å². The zero-order valence-corrected chi connectivity index (χ0v) is 12.9. The number of rotatable bonds is 4. The molecule has 0 unspecified atom stereocenters. The normalized spacial score (nSPS) is 10.6. The summed E-state index contributed by atoms with van der Waals surface area (Å²) in [6, 6.07) is 4.64. The average molecular weight is 340 g/mol. The molecule has 2 rings (SSSR count). The van der Waals surface area contributed by atoms with E-state index in [2.05, 4.69) is 26.3 Å². The first-order valence-corrected chi connectivity index (χ1v) is 7.05. The van der Waals surface area contributed by atoms with Crippen molar-refractivity contribution < 1.29 is 9.18 Å². The van der Waals surface area contributed by atoms with Crippen LogP contribution in [0.5, 0.6) is 0 Å².